The highest BCUT2D eigenvalue weighted by molar-refractivity contribution is 5.35. The Morgan fingerprint density at radius 2 is 1.81 bits per heavy atom. The van der Waals surface area contributed by atoms with Gasteiger partial charge in [-0.15, -0.1) is 0 Å². The average Bonchev–Trinajstić information content (AvgIpc) is 2.45. The van der Waals surface area contributed by atoms with Crippen molar-refractivity contribution in [3.63, 3.8) is 0 Å². The smallest absolute Gasteiger partial charge is 0.123 e. The summed E-state index contributed by atoms with van der Waals surface area (Å²) >= 11 is 0. The van der Waals surface area contributed by atoms with Gasteiger partial charge in [-0.05, 0) is 47.2 Å². The number of nitrogens with zero attached hydrogens (tertiary/aromatic N) is 1. The summed E-state index contributed by atoms with van der Waals surface area (Å²) in [4.78, 5) is 2.51. The molecular weight excluding hydrogens is 260 g/mol. The Morgan fingerprint density at radius 3 is 2.33 bits per heavy atom. The predicted molar refractivity (Wildman–Crippen MR) is 91.0 cm³/mol. The molecule has 0 fully saturated rings. The molecule has 0 aliphatic heterocycles. The summed E-state index contributed by atoms with van der Waals surface area (Å²) in [6.45, 7) is 15.4. The van der Waals surface area contributed by atoms with Crippen molar-refractivity contribution in [3.05, 3.63) is 29.8 Å². The van der Waals surface area contributed by atoms with Gasteiger partial charge in [0, 0.05) is 29.7 Å². The zero-order valence-electron chi connectivity index (χ0n) is 14.7. The molecule has 0 saturated heterocycles. The van der Waals surface area contributed by atoms with Crippen LogP contribution in [-0.2, 0) is 0 Å². The molecule has 120 valence electrons. The van der Waals surface area contributed by atoms with Crippen molar-refractivity contribution in [2.45, 2.75) is 59.2 Å². The van der Waals surface area contributed by atoms with Crippen LogP contribution in [0.3, 0.4) is 0 Å². The van der Waals surface area contributed by atoms with Gasteiger partial charge in [0.05, 0.1) is 7.11 Å². The number of methoxy groups -OCH3 is 1. The fourth-order valence-corrected chi connectivity index (χ4v) is 2.73. The maximum atomic E-state index is 5.51. The second-order valence-corrected chi connectivity index (χ2v) is 6.73. The molecule has 0 heterocycles. The minimum atomic E-state index is 0.154. The molecule has 0 bridgehead atoms. The third-order valence-corrected chi connectivity index (χ3v) is 3.95. The Hall–Kier alpha value is -1.06. The van der Waals surface area contributed by atoms with Gasteiger partial charge >= 0.3 is 0 Å². The molecular formula is C18H32N2O. The van der Waals surface area contributed by atoms with Gasteiger partial charge in [-0.1, -0.05) is 25.1 Å². The first kappa shape index (κ1) is 18.0. The van der Waals surface area contributed by atoms with Crippen molar-refractivity contribution < 1.29 is 4.74 Å². The fourth-order valence-electron chi connectivity index (χ4n) is 2.73. The molecule has 0 aromatic heterocycles. The molecule has 0 aliphatic carbocycles. The Labute approximate surface area is 130 Å². The van der Waals surface area contributed by atoms with Crippen molar-refractivity contribution in [2.75, 3.05) is 20.2 Å². The first-order chi connectivity index (χ1) is 9.80. The number of likely N-dealkylation sites (N-methyl/N-ethyl adjacent to an activating group) is 1. The lowest BCUT2D eigenvalue weighted by atomic mass is 10.0. The molecule has 0 spiro atoms. The van der Waals surface area contributed by atoms with E-state index in [2.05, 4.69) is 63.9 Å². The second kappa shape index (κ2) is 7.81. The highest BCUT2D eigenvalue weighted by Crippen LogP contribution is 2.29. The number of hydrogen-bond acceptors (Lipinski definition) is 3. The molecule has 0 saturated carbocycles. The third-order valence-electron chi connectivity index (χ3n) is 3.95. The Bertz CT molecular complexity index is 425. The quantitative estimate of drug-likeness (QED) is 0.826. The average molecular weight is 292 g/mol. The van der Waals surface area contributed by atoms with Gasteiger partial charge in [0.2, 0.25) is 0 Å². The SMILES string of the molecule is CCN(C(C)CNC(C)(C)C)[C@@H](C)c1ccccc1OC. The third kappa shape index (κ3) is 5.33. The fraction of sp³-hybridized carbons (Fsp3) is 0.667. The number of nitrogens with one attached hydrogen (secondary N) is 1. The van der Waals surface area contributed by atoms with E-state index in [1.54, 1.807) is 7.11 Å². The summed E-state index contributed by atoms with van der Waals surface area (Å²) in [6, 6.07) is 9.11. The van der Waals surface area contributed by atoms with Crippen LogP contribution in [0.2, 0.25) is 0 Å². The minimum Gasteiger partial charge on any atom is -0.496 e. The highest BCUT2D eigenvalue weighted by Gasteiger charge is 2.23. The van der Waals surface area contributed by atoms with Crippen LogP contribution in [0.4, 0.5) is 0 Å². The molecule has 3 nitrogen and oxygen atoms in total. The van der Waals surface area contributed by atoms with Crippen molar-refractivity contribution in [1.82, 2.24) is 10.2 Å². The van der Waals surface area contributed by atoms with E-state index < -0.39 is 0 Å². The van der Waals surface area contributed by atoms with E-state index >= 15 is 0 Å². The molecule has 0 aliphatic rings. The number of benzene rings is 1. The van der Waals surface area contributed by atoms with E-state index in [0.717, 1.165) is 18.8 Å². The molecule has 21 heavy (non-hydrogen) atoms. The van der Waals surface area contributed by atoms with Gasteiger partial charge in [0.15, 0.2) is 0 Å². The molecule has 2 atom stereocenters. The summed E-state index contributed by atoms with van der Waals surface area (Å²) in [5.41, 5.74) is 1.41. The minimum absolute atomic E-state index is 0.154. The summed E-state index contributed by atoms with van der Waals surface area (Å²) in [5, 5.41) is 3.60. The van der Waals surface area contributed by atoms with E-state index in [4.69, 9.17) is 4.74 Å². The van der Waals surface area contributed by atoms with E-state index in [-0.39, 0.29) is 5.54 Å². The van der Waals surface area contributed by atoms with Gasteiger partial charge in [-0.25, -0.2) is 0 Å². The second-order valence-electron chi connectivity index (χ2n) is 6.73. The predicted octanol–water partition coefficient (Wildman–Crippen LogP) is 3.85. The van der Waals surface area contributed by atoms with Gasteiger partial charge in [0.1, 0.15) is 5.75 Å². The van der Waals surface area contributed by atoms with Crippen LogP contribution in [0.25, 0.3) is 0 Å². The van der Waals surface area contributed by atoms with Crippen LogP contribution < -0.4 is 10.1 Å². The van der Waals surface area contributed by atoms with Crippen molar-refractivity contribution in [1.29, 1.82) is 0 Å². The van der Waals surface area contributed by atoms with Gasteiger partial charge < -0.3 is 10.1 Å². The Balaban J connectivity index is 2.83. The van der Waals surface area contributed by atoms with Crippen LogP contribution in [0.5, 0.6) is 5.75 Å². The number of para-hydroxylation sites is 1. The van der Waals surface area contributed by atoms with Gasteiger partial charge in [-0.2, -0.15) is 0 Å². The lowest BCUT2D eigenvalue weighted by Crippen LogP contribution is -2.47. The maximum Gasteiger partial charge on any atom is 0.123 e. The monoisotopic (exact) mass is 292 g/mol. The van der Waals surface area contributed by atoms with Crippen LogP contribution in [0.1, 0.15) is 53.1 Å². The molecule has 0 radical (unpaired) electrons. The van der Waals surface area contributed by atoms with Crippen LogP contribution >= 0.6 is 0 Å². The maximum absolute atomic E-state index is 5.51. The first-order valence-electron chi connectivity index (χ1n) is 7.93. The van der Waals surface area contributed by atoms with Crippen molar-refractivity contribution >= 4 is 0 Å². The van der Waals surface area contributed by atoms with Crippen molar-refractivity contribution in [3.8, 4) is 5.75 Å². The molecule has 1 unspecified atom stereocenters. The van der Waals surface area contributed by atoms with E-state index in [0.29, 0.717) is 12.1 Å². The summed E-state index contributed by atoms with van der Waals surface area (Å²) in [7, 11) is 1.74. The van der Waals surface area contributed by atoms with E-state index in [1.165, 1.54) is 5.56 Å². The van der Waals surface area contributed by atoms with Gasteiger partial charge in [-0.3, -0.25) is 4.90 Å². The van der Waals surface area contributed by atoms with Gasteiger partial charge in [0.25, 0.3) is 0 Å². The highest BCUT2D eigenvalue weighted by atomic mass is 16.5. The zero-order valence-corrected chi connectivity index (χ0v) is 14.7. The number of ether oxygens (including phenoxy) is 1. The standard InChI is InChI=1S/C18H32N2O/c1-8-20(14(2)13-19-18(4,5)6)15(3)16-11-9-10-12-17(16)21-7/h9-12,14-15,19H,8,13H2,1-7H3/t14?,15-/m0/s1. The molecule has 1 aromatic carbocycles. The molecule has 1 rings (SSSR count). The summed E-state index contributed by atoms with van der Waals surface area (Å²) in [5.74, 6) is 0.972. The summed E-state index contributed by atoms with van der Waals surface area (Å²) < 4.78 is 5.51. The zero-order chi connectivity index (χ0) is 16.0. The molecule has 1 aromatic rings. The Kier molecular flexibility index (Phi) is 6.69. The largest absolute Gasteiger partial charge is 0.496 e. The lowest BCUT2D eigenvalue weighted by Gasteiger charge is -2.36. The van der Waals surface area contributed by atoms with Crippen LogP contribution in [-0.4, -0.2) is 36.7 Å². The molecule has 0 amide bonds. The Morgan fingerprint density at radius 1 is 1.19 bits per heavy atom. The number of hydrogen-bond donors (Lipinski definition) is 1. The lowest BCUT2D eigenvalue weighted by molar-refractivity contribution is 0.151. The normalized spacial score (nSPS) is 15.0. The topological polar surface area (TPSA) is 24.5 Å². The molecule has 1 N–H and O–H groups in total. The van der Waals surface area contributed by atoms with Crippen molar-refractivity contribution in [2.24, 2.45) is 0 Å². The van der Waals surface area contributed by atoms with Crippen LogP contribution in [0, 0.1) is 0 Å². The first-order valence-corrected chi connectivity index (χ1v) is 7.93. The molecule has 3 heteroatoms. The van der Waals surface area contributed by atoms with E-state index in [9.17, 15) is 0 Å². The van der Waals surface area contributed by atoms with Crippen LogP contribution in [0.15, 0.2) is 24.3 Å². The summed E-state index contributed by atoms with van der Waals surface area (Å²) in [6.07, 6.45) is 0. The van der Waals surface area contributed by atoms with E-state index in [1.807, 2.05) is 12.1 Å². The number of rotatable bonds is 7.